The van der Waals surface area contributed by atoms with Gasteiger partial charge >= 0.3 is 12.1 Å². The van der Waals surface area contributed by atoms with E-state index < -0.39 is 11.7 Å². The molecule has 1 saturated carbocycles. The van der Waals surface area contributed by atoms with Crippen molar-refractivity contribution in [1.82, 2.24) is 19.9 Å². The topological polar surface area (TPSA) is 94.8 Å². The van der Waals surface area contributed by atoms with Gasteiger partial charge in [0, 0.05) is 18.3 Å². The summed E-state index contributed by atoms with van der Waals surface area (Å²) < 4.78 is 12.3. The first-order chi connectivity index (χ1) is 15.7. The molecule has 8 heteroatoms. The number of aryl methyl sites for hydroxylation is 1. The van der Waals surface area contributed by atoms with E-state index in [-0.39, 0.29) is 17.8 Å². The minimum atomic E-state index is -0.534. The average molecular weight is 451 g/mol. The maximum Gasteiger partial charge on any atom is 0.407 e. The zero-order valence-electron chi connectivity index (χ0n) is 19.7. The van der Waals surface area contributed by atoms with E-state index in [1.807, 2.05) is 57.5 Å². The van der Waals surface area contributed by atoms with Crippen LogP contribution in [0.2, 0.25) is 0 Å². The summed E-state index contributed by atoms with van der Waals surface area (Å²) in [5.41, 5.74) is 5.25. The molecule has 1 aliphatic rings. The number of aromatic nitrogens is 3. The zero-order chi connectivity index (χ0) is 23.8. The van der Waals surface area contributed by atoms with Gasteiger partial charge in [0.15, 0.2) is 0 Å². The van der Waals surface area contributed by atoms with E-state index in [2.05, 4.69) is 27.5 Å². The van der Waals surface area contributed by atoms with Gasteiger partial charge in [-0.3, -0.25) is 4.79 Å². The summed E-state index contributed by atoms with van der Waals surface area (Å²) in [6.45, 7) is 10.1. The smallest absolute Gasteiger partial charge is 0.407 e. The fourth-order valence-electron chi connectivity index (χ4n) is 3.97. The van der Waals surface area contributed by atoms with Crippen molar-refractivity contribution in [2.75, 3.05) is 6.61 Å². The molecule has 0 bridgehead atoms. The Hall–Kier alpha value is -3.42. The van der Waals surface area contributed by atoms with Gasteiger partial charge in [-0.25, -0.2) is 14.3 Å². The molecule has 0 radical (unpaired) electrons. The summed E-state index contributed by atoms with van der Waals surface area (Å²) in [5.74, 6) is -0.0327. The number of nitrogens with zero attached hydrogens (tertiary/aromatic N) is 3. The maximum absolute atomic E-state index is 12.0. The Kier molecular flexibility index (Phi) is 6.10. The van der Waals surface area contributed by atoms with Crippen molar-refractivity contribution in [1.29, 1.82) is 0 Å². The van der Waals surface area contributed by atoms with Crippen molar-refractivity contribution in [2.45, 2.75) is 59.1 Å². The lowest BCUT2D eigenvalue weighted by atomic mass is 10.0. The second-order valence-electron chi connectivity index (χ2n) is 9.41. The summed E-state index contributed by atoms with van der Waals surface area (Å²) in [6.07, 6.45) is 3.87. The van der Waals surface area contributed by atoms with Crippen LogP contribution in [-0.4, -0.2) is 38.9 Å². The molecule has 4 rings (SSSR count). The Labute approximate surface area is 193 Å². The van der Waals surface area contributed by atoms with Crippen LogP contribution in [0, 0.1) is 12.8 Å². The number of benzene rings is 1. The quantitative estimate of drug-likeness (QED) is 0.560. The summed E-state index contributed by atoms with van der Waals surface area (Å²) in [5, 5.41) is 7.15. The van der Waals surface area contributed by atoms with E-state index in [9.17, 15) is 9.59 Å². The highest BCUT2D eigenvalue weighted by atomic mass is 16.6. The normalized spacial score (nSPS) is 17.6. The Morgan fingerprint density at radius 2 is 2.03 bits per heavy atom. The lowest BCUT2D eigenvalue weighted by Gasteiger charge is -2.20. The van der Waals surface area contributed by atoms with Crippen molar-refractivity contribution >= 4 is 17.6 Å². The monoisotopic (exact) mass is 450 g/mol. The molecule has 0 saturated heterocycles. The van der Waals surface area contributed by atoms with Crippen molar-refractivity contribution in [3.05, 3.63) is 53.5 Å². The van der Waals surface area contributed by atoms with Crippen LogP contribution < -0.4 is 5.32 Å². The van der Waals surface area contributed by atoms with Crippen LogP contribution in [0.4, 0.5) is 4.79 Å². The second kappa shape index (κ2) is 8.84. The fraction of sp³-hybridized carbons (Fsp3) is 0.440. The highest BCUT2D eigenvalue weighted by molar-refractivity contribution is 5.80. The van der Waals surface area contributed by atoms with Crippen LogP contribution >= 0.6 is 0 Å². The molecular formula is C25H30N4O4. The molecule has 1 aromatic carbocycles. The Bertz CT molecular complexity index is 1190. The molecular weight excluding hydrogens is 420 g/mol. The number of hydrogen-bond acceptors (Lipinski definition) is 6. The van der Waals surface area contributed by atoms with Crippen LogP contribution in [0.25, 0.3) is 16.8 Å². The Balaban J connectivity index is 1.52. The molecule has 0 spiro atoms. The molecule has 33 heavy (non-hydrogen) atoms. The fourth-order valence-corrected chi connectivity index (χ4v) is 3.97. The molecule has 2 heterocycles. The van der Waals surface area contributed by atoms with Crippen molar-refractivity contribution in [3.8, 4) is 11.3 Å². The number of ether oxygens (including phenoxy) is 2. The number of nitrogens with one attached hydrogen (secondary N) is 1. The van der Waals surface area contributed by atoms with Gasteiger partial charge in [0.2, 0.25) is 0 Å². The number of carbonyl (C=O) groups excluding carboxylic acids is 2. The predicted molar refractivity (Wildman–Crippen MR) is 124 cm³/mol. The standard InChI is InChI=1S/C25H30N4O4/c1-6-32-23(30)20-11-19(20)18-10-21-22(27-14-28-29(21)13-18)16-7-8-17(15(2)9-16)12-26-24(31)33-25(3,4)5/h7-10,13-14,19-20H,6,11-12H2,1-5H3,(H,26,31). The lowest BCUT2D eigenvalue weighted by Crippen LogP contribution is -2.32. The van der Waals surface area contributed by atoms with E-state index in [1.165, 1.54) is 6.33 Å². The Morgan fingerprint density at radius 3 is 2.73 bits per heavy atom. The largest absolute Gasteiger partial charge is 0.466 e. The van der Waals surface area contributed by atoms with E-state index in [0.717, 1.165) is 39.9 Å². The van der Waals surface area contributed by atoms with Crippen molar-refractivity contribution in [2.24, 2.45) is 5.92 Å². The van der Waals surface area contributed by atoms with Gasteiger partial charge in [0.05, 0.1) is 23.7 Å². The number of carbonyl (C=O) groups is 2. The first kappa shape index (κ1) is 22.8. The first-order valence-corrected chi connectivity index (χ1v) is 11.2. The van der Waals surface area contributed by atoms with Crippen LogP contribution in [0.3, 0.4) is 0 Å². The van der Waals surface area contributed by atoms with E-state index in [1.54, 1.807) is 0 Å². The number of rotatable bonds is 6. The molecule has 0 aliphatic heterocycles. The van der Waals surface area contributed by atoms with Crippen molar-refractivity contribution in [3.63, 3.8) is 0 Å². The number of fused-ring (bicyclic) bond motifs is 1. The summed E-state index contributed by atoms with van der Waals surface area (Å²) in [4.78, 5) is 28.5. The second-order valence-corrected chi connectivity index (χ2v) is 9.41. The molecule has 2 aromatic heterocycles. The highest BCUT2D eigenvalue weighted by Gasteiger charge is 2.45. The average Bonchev–Trinajstić information content (AvgIpc) is 3.42. The predicted octanol–water partition coefficient (Wildman–Crippen LogP) is 4.40. The summed E-state index contributed by atoms with van der Waals surface area (Å²) in [6, 6.07) is 8.10. The molecule has 1 N–H and O–H groups in total. The van der Waals surface area contributed by atoms with E-state index in [4.69, 9.17) is 9.47 Å². The third-order valence-electron chi connectivity index (χ3n) is 5.67. The van der Waals surface area contributed by atoms with Gasteiger partial charge in [0.25, 0.3) is 0 Å². The molecule has 2 unspecified atom stereocenters. The number of amides is 1. The summed E-state index contributed by atoms with van der Waals surface area (Å²) in [7, 11) is 0. The number of alkyl carbamates (subject to hydrolysis) is 1. The van der Waals surface area contributed by atoms with E-state index >= 15 is 0 Å². The van der Waals surface area contributed by atoms with Crippen molar-refractivity contribution < 1.29 is 19.1 Å². The molecule has 1 amide bonds. The number of hydrogen-bond donors (Lipinski definition) is 1. The molecule has 2 atom stereocenters. The van der Waals surface area contributed by atoms with Gasteiger partial charge in [0.1, 0.15) is 11.9 Å². The first-order valence-electron chi connectivity index (χ1n) is 11.2. The third-order valence-corrected chi connectivity index (χ3v) is 5.67. The highest BCUT2D eigenvalue weighted by Crippen LogP contribution is 2.49. The molecule has 174 valence electrons. The minimum absolute atomic E-state index is 0.0715. The Morgan fingerprint density at radius 1 is 1.24 bits per heavy atom. The zero-order valence-corrected chi connectivity index (χ0v) is 19.7. The van der Waals surface area contributed by atoms with Crippen LogP contribution in [0.15, 0.2) is 36.8 Å². The van der Waals surface area contributed by atoms with Crippen LogP contribution in [0.5, 0.6) is 0 Å². The number of esters is 1. The molecule has 8 nitrogen and oxygen atoms in total. The van der Waals surface area contributed by atoms with Gasteiger partial charge < -0.3 is 14.8 Å². The maximum atomic E-state index is 12.0. The molecule has 1 fully saturated rings. The lowest BCUT2D eigenvalue weighted by molar-refractivity contribution is -0.144. The van der Waals surface area contributed by atoms with Crippen LogP contribution in [-0.2, 0) is 20.8 Å². The molecule has 3 aromatic rings. The minimum Gasteiger partial charge on any atom is -0.466 e. The van der Waals surface area contributed by atoms with Gasteiger partial charge in [-0.1, -0.05) is 12.1 Å². The van der Waals surface area contributed by atoms with Gasteiger partial charge in [-0.05, 0) is 75.8 Å². The third kappa shape index (κ3) is 5.16. The van der Waals surface area contributed by atoms with Gasteiger partial charge in [-0.15, -0.1) is 0 Å². The summed E-state index contributed by atoms with van der Waals surface area (Å²) >= 11 is 0. The van der Waals surface area contributed by atoms with Crippen LogP contribution in [0.1, 0.15) is 56.7 Å². The SMILES string of the molecule is CCOC(=O)C1CC1c1cc2c(-c3ccc(CNC(=O)OC(C)(C)C)c(C)c3)ncnn2c1. The van der Waals surface area contributed by atoms with E-state index in [0.29, 0.717) is 13.2 Å². The molecule has 1 aliphatic carbocycles. The van der Waals surface area contributed by atoms with Gasteiger partial charge in [-0.2, -0.15) is 5.10 Å².